The van der Waals surface area contributed by atoms with Gasteiger partial charge in [0, 0.05) is 6.07 Å². The molecule has 0 saturated carbocycles. The molecule has 0 heterocycles. The van der Waals surface area contributed by atoms with Crippen molar-refractivity contribution >= 4 is 23.0 Å². The van der Waals surface area contributed by atoms with E-state index in [1.807, 2.05) is 0 Å². The van der Waals surface area contributed by atoms with Gasteiger partial charge in [-0.25, -0.2) is 9.18 Å². The van der Waals surface area contributed by atoms with Gasteiger partial charge in [-0.2, -0.15) is 0 Å². The first-order valence-electron chi connectivity index (χ1n) is 5.94. The lowest BCUT2D eigenvalue weighted by Gasteiger charge is -2.12. The zero-order valence-corrected chi connectivity index (χ0v) is 11.0. The molecule has 0 bridgehead atoms. The van der Waals surface area contributed by atoms with Crippen LogP contribution in [0.15, 0.2) is 36.4 Å². The van der Waals surface area contributed by atoms with Crippen LogP contribution in [0.25, 0.3) is 0 Å². The number of nitro benzene ring substituents is 1. The molecule has 108 valence electrons. The van der Waals surface area contributed by atoms with Crippen LogP contribution in [0.5, 0.6) is 0 Å². The molecule has 7 heteroatoms. The van der Waals surface area contributed by atoms with Gasteiger partial charge in [0.05, 0.1) is 16.2 Å². The Morgan fingerprint density at radius 3 is 2.48 bits per heavy atom. The number of aromatic carboxylic acids is 1. The van der Waals surface area contributed by atoms with Gasteiger partial charge in [-0.3, -0.25) is 10.1 Å². The number of carboxylic acids is 1. The lowest BCUT2D eigenvalue weighted by molar-refractivity contribution is -0.383. The number of carboxylic acid groups (broad SMARTS) is 1. The van der Waals surface area contributed by atoms with Gasteiger partial charge in [0.1, 0.15) is 11.5 Å². The van der Waals surface area contributed by atoms with Crippen molar-refractivity contribution in [2.75, 3.05) is 5.32 Å². The summed E-state index contributed by atoms with van der Waals surface area (Å²) < 4.78 is 13.8. The van der Waals surface area contributed by atoms with Crippen LogP contribution in [-0.4, -0.2) is 16.0 Å². The summed E-state index contributed by atoms with van der Waals surface area (Å²) in [5.74, 6) is -1.96. The lowest BCUT2D eigenvalue weighted by Crippen LogP contribution is -2.07. The Balaban J connectivity index is 2.62. The lowest BCUT2D eigenvalue weighted by atomic mass is 10.1. The van der Waals surface area contributed by atoms with E-state index in [9.17, 15) is 19.3 Å². The molecule has 2 aromatic rings. The number of hydrogen-bond acceptors (Lipinski definition) is 4. The molecule has 0 aliphatic carbocycles. The highest BCUT2D eigenvalue weighted by molar-refractivity contribution is 5.98. The Labute approximate surface area is 119 Å². The van der Waals surface area contributed by atoms with Crippen molar-refractivity contribution in [3.63, 3.8) is 0 Å². The van der Waals surface area contributed by atoms with Crippen molar-refractivity contribution in [3.8, 4) is 0 Å². The molecular formula is C14H11FN2O4. The molecule has 0 radical (unpaired) electrons. The number of rotatable bonds is 4. The van der Waals surface area contributed by atoms with Gasteiger partial charge in [0.2, 0.25) is 0 Å². The number of nitro groups is 1. The molecule has 0 amide bonds. The summed E-state index contributed by atoms with van der Waals surface area (Å²) in [7, 11) is 0. The SMILES string of the molecule is Cc1cccc(F)c1Nc1c(C(=O)O)cccc1[N+](=O)[O-]. The smallest absolute Gasteiger partial charge is 0.338 e. The van der Waals surface area contributed by atoms with Gasteiger partial charge >= 0.3 is 5.97 Å². The molecule has 0 saturated heterocycles. The number of para-hydroxylation sites is 2. The van der Waals surface area contributed by atoms with Crippen molar-refractivity contribution < 1.29 is 19.2 Å². The maximum absolute atomic E-state index is 13.8. The Morgan fingerprint density at radius 1 is 1.24 bits per heavy atom. The Hall–Kier alpha value is -2.96. The first-order chi connectivity index (χ1) is 9.91. The predicted molar refractivity (Wildman–Crippen MR) is 74.5 cm³/mol. The number of aryl methyl sites for hydroxylation is 1. The van der Waals surface area contributed by atoms with Crippen LogP contribution in [-0.2, 0) is 0 Å². The largest absolute Gasteiger partial charge is 0.478 e. The van der Waals surface area contributed by atoms with Crippen LogP contribution in [0.4, 0.5) is 21.5 Å². The maximum atomic E-state index is 13.8. The van der Waals surface area contributed by atoms with E-state index in [1.54, 1.807) is 13.0 Å². The van der Waals surface area contributed by atoms with Crippen LogP contribution >= 0.6 is 0 Å². The molecule has 2 N–H and O–H groups in total. The van der Waals surface area contributed by atoms with Crippen LogP contribution in [0.3, 0.4) is 0 Å². The highest BCUT2D eigenvalue weighted by Crippen LogP contribution is 2.33. The summed E-state index contributed by atoms with van der Waals surface area (Å²) in [5.41, 5.74) is -0.466. The molecule has 0 aliphatic rings. The molecule has 2 rings (SSSR count). The summed E-state index contributed by atoms with van der Waals surface area (Å²) >= 11 is 0. The molecule has 2 aromatic carbocycles. The fraction of sp³-hybridized carbons (Fsp3) is 0.0714. The number of carbonyl (C=O) groups is 1. The van der Waals surface area contributed by atoms with E-state index >= 15 is 0 Å². The minimum atomic E-state index is -1.34. The van der Waals surface area contributed by atoms with Gasteiger partial charge in [-0.15, -0.1) is 0 Å². The summed E-state index contributed by atoms with van der Waals surface area (Å²) in [6.07, 6.45) is 0. The average molecular weight is 290 g/mol. The molecule has 0 unspecified atom stereocenters. The molecule has 0 aliphatic heterocycles. The zero-order chi connectivity index (χ0) is 15.6. The molecule has 0 fully saturated rings. The Bertz CT molecular complexity index is 678. The number of halogens is 1. The van der Waals surface area contributed by atoms with E-state index < -0.39 is 22.4 Å². The quantitative estimate of drug-likeness (QED) is 0.664. The van der Waals surface area contributed by atoms with Crippen molar-refractivity contribution in [1.82, 2.24) is 0 Å². The fourth-order valence-corrected chi connectivity index (χ4v) is 1.92. The van der Waals surface area contributed by atoms with Gasteiger partial charge in [0.15, 0.2) is 0 Å². The molecule has 21 heavy (non-hydrogen) atoms. The van der Waals surface area contributed by atoms with E-state index in [2.05, 4.69) is 5.32 Å². The standard InChI is InChI=1S/C14H11FN2O4/c1-8-4-2-6-10(15)12(8)16-13-9(14(18)19)5-3-7-11(13)17(20)21/h2-7,16H,1H3,(H,18,19). The third-order valence-electron chi connectivity index (χ3n) is 2.94. The highest BCUT2D eigenvalue weighted by atomic mass is 19.1. The van der Waals surface area contributed by atoms with E-state index in [0.717, 1.165) is 6.07 Å². The number of benzene rings is 2. The van der Waals surface area contributed by atoms with E-state index in [4.69, 9.17) is 5.11 Å². The molecule has 6 nitrogen and oxygen atoms in total. The minimum absolute atomic E-state index is 0.00861. The van der Waals surface area contributed by atoms with Crippen molar-refractivity contribution in [2.45, 2.75) is 6.92 Å². The van der Waals surface area contributed by atoms with Gasteiger partial charge < -0.3 is 10.4 Å². The maximum Gasteiger partial charge on any atom is 0.338 e. The second-order valence-corrected chi connectivity index (χ2v) is 4.32. The second kappa shape index (κ2) is 5.58. The van der Waals surface area contributed by atoms with Gasteiger partial charge in [0.25, 0.3) is 5.69 Å². The van der Waals surface area contributed by atoms with Gasteiger partial charge in [-0.05, 0) is 24.6 Å². The summed E-state index contributed by atoms with van der Waals surface area (Å²) in [4.78, 5) is 21.5. The third-order valence-corrected chi connectivity index (χ3v) is 2.94. The first-order valence-corrected chi connectivity index (χ1v) is 5.94. The Morgan fingerprint density at radius 2 is 1.90 bits per heavy atom. The van der Waals surface area contributed by atoms with E-state index in [1.165, 1.54) is 24.3 Å². The Kier molecular flexibility index (Phi) is 3.84. The zero-order valence-electron chi connectivity index (χ0n) is 11.0. The normalized spacial score (nSPS) is 10.2. The van der Waals surface area contributed by atoms with Crippen molar-refractivity contribution in [3.05, 3.63) is 63.5 Å². The average Bonchev–Trinajstić information content (AvgIpc) is 2.42. The van der Waals surface area contributed by atoms with Crippen LogP contribution in [0.2, 0.25) is 0 Å². The molecule has 0 aromatic heterocycles. The van der Waals surface area contributed by atoms with Crippen LogP contribution in [0, 0.1) is 22.9 Å². The summed E-state index contributed by atoms with van der Waals surface area (Å²) in [6.45, 7) is 1.61. The van der Waals surface area contributed by atoms with Gasteiger partial charge in [-0.1, -0.05) is 18.2 Å². The third kappa shape index (κ3) is 2.81. The molecule has 0 atom stereocenters. The number of nitrogens with zero attached hydrogens (tertiary/aromatic N) is 1. The highest BCUT2D eigenvalue weighted by Gasteiger charge is 2.22. The molecular weight excluding hydrogens is 279 g/mol. The summed E-state index contributed by atoms with van der Waals surface area (Å²) in [5, 5.41) is 22.7. The molecule has 0 spiro atoms. The minimum Gasteiger partial charge on any atom is -0.478 e. The predicted octanol–water partition coefficient (Wildman–Crippen LogP) is 3.48. The van der Waals surface area contributed by atoms with Crippen LogP contribution in [0.1, 0.15) is 15.9 Å². The number of anilines is 2. The van der Waals surface area contributed by atoms with Crippen molar-refractivity contribution in [1.29, 1.82) is 0 Å². The second-order valence-electron chi connectivity index (χ2n) is 4.32. The van der Waals surface area contributed by atoms with E-state index in [-0.39, 0.29) is 16.9 Å². The van der Waals surface area contributed by atoms with Crippen molar-refractivity contribution in [2.24, 2.45) is 0 Å². The fourth-order valence-electron chi connectivity index (χ4n) is 1.92. The summed E-state index contributed by atoms with van der Waals surface area (Å²) in [6, 6.07) is 7.93. The number of nitrogens with one attached hydrogen (secondary N) is 1. The van der Waals surface area contributed by atoms with Crippen LogP contribution < -0.4 is 5.32 Å². The number of hydrogen-bond donors (Lipinski definition) is 2. The first kappa shape index (κ1) is 14.4. The topological polar surface area (TPSA) is 92.5 Å². The van der Waals surface area contributed by atoms with E-state index in [0.29, 0.717) is 5.56 Å². The monoisotopic (exact) mass is 290 g/mol.